The number of nitrogens with zero attached hydrogens (tertiary/aromatic N) is 2. The van der Waals surface area contributed by atoms with Gasteiger partial charge in [0, 0.05) is 0 Å². The van der Waals surface area contributed by atoms with E-state index >= 15 is 0 Å². The molecule has 4 N–H and O–H groups in total. The Hall–Kier alpha value is -1.95. The topological polar surface area (TPSA) is 96.2 Å². The lowest BCUT2D eigenvalue weighted by Gasteiger charge is -2.06. The summed E-state index contributed by atoms with van der Waals surface area (Å²) in [7, 11) is 0. The Labute approximate surface area is 102 Å². The van der Waals surface area contributed by atoms with Crippen LogP contribution in [-0.4, -0.2) is 22.3 Å². The maximum Gasteiger partial charge on any atom is 0.404 e. The largest absolute Gasteiger partial charge is 0.448 e. The third-order valence-electron chi connectivity index (χ3n) is 2.32. The van der Waals surface area contributed by atoms with Crippen molar-refractivity contribution in [2.24, 2.45) is 5.73 Å². The number of nitrogen functional groups attached to an aromatic ring is 1. The Kier molecular flexibility index (Phi) is 3.06. The zero-order valence-corrected chi connectivity index (χ0v) is 9.65. The molecule has 0 atom stereocenters. The summed E-state index contributed by atoms with van der Waals surface area (Å²) in [5.41, 5.74) is 12.1. The Morgan fingerprint density at radius 1 is 1.53 bits per heavy atom. The van der Waals surface area contributed by atoms with Crippen LogP contribution in [0.25, 0.3) is 11.0 Å². The van der Waals surface area contributed by atoms with Crippen LogP contribution in [0.1, 0.15) is 0 Å². The van der Waals surface area contributed by atoms with Gasteiger partial charge >= 0.3 is 6.09 Å². The minimum Gasteiger partial charge on any atom is -0.448 e. The SMILES string of the molecule is NC(=O)OCCn1c(N)nc2c(Cl)cccc21. The molecule has 0 saturated carbocycles. The van der Waals surface area contributed by atoms with Gasteiger partial charge in [-0.2, -0.15) is 0 Å². The zero-order valence-electron chi connectivity index (χ0n) is 8.89. The number of para-hydroxylation sites is 1. The third kappa shape index (κ3) is 2.26. The Morgan fingerprint density at radius 3 is 3.00 bits per heavy atom. The molecule has 0 aliphatic rings. The van der Waals surface area contributed by atoms with Gasteiger partial charge in [0.2, 0.25) is 5.95 Å². The van der Waals surface area contributed by atoms with Crippen LogP contribution in [0, 0.1) is 0 Å². The van der Waals surface area contributed by atoms with Crippen molar-refractivity contribution >= 4 is 34.7 Å². The van der Waals surface area contributed by atoms with Crippen LogP contribution in [0.5, 0.6) is 0 Å². The van der Waals surface area contributed by atoms with E-state index in [1.165, 1.54) is 0 Å². The average molecular weight is 255 g/mol. The van der Waals surface area contributed by atoms with E-state index in [-0.39, 0.29) is 6.61 Å². The summed E-state index contributed by atoms with van der Waals surface area (Å²) in [6.07, 6.45) is -0.814. The molecule has 1 aromatic carbocycles. The van der Waals surface area contributed by atoms with Gasteiger partial charge in [0.05, 0.1) is 17.1 Å². The number of fused-ring (bicyclic) bond motifs is 1. The number of anilines is 1. The number of primary amides is 1. The summed E-state index contributed by atoms with van der Waals surface area (Å²) in [4.78, 5) is 14.6. The number of ether oxygens (including phenoxy) is 1. The fourth-order valence-electron chi connectivity index (χ4n) is 1.60. The molecule has 1 amide bonds. The Balaban J connectivity index is 2.30. The van der Waals surface area contributed by atoms with Gasteiger partial charge in [-0.1, -0.05) is 17.7 Å². The lowest BCUT2D eigenvalue weighted by atomic mass is 10.3. The summed E-state index contributed by atoms with van der Waals surface area (Å²) in [6.45, 7) is 0.517. The average Bonchev–Trinajstić information content (AvgIpc) is 2.57. The van der Waals surface area contributed by atoms with Gasteiger partial charge in [-0.15, -0.1) is 0 Å². The number of carbonyl (C=O) groups is 1. The highest BCUT2D eigenvalue weighted by Gasteiger charge is 2.10. The van der Waals surface area contributed by atoms with Gasteiger partial charge in [-0.05, 0) is 12.1 Å². The van der Waals surface area contributed by atoms with Crippen molar-refractivity contribution in [3.63, 3.8) is 0 Å². The van der Waals surface area contributed by atoms with E-state index in [9.17, 15) is 4.79 Å². The van der Waals surface area contributed by atoms with Crippen molar-refractivity contribution in [1.82, 2.24) is 9.55 Å². The van der Waals surface area contributed by atoms with Gasteiger partial charge in [-0.25, -0.2) is 9.78 Å². The summed E-state index contributed by atoms with van der Waals surface area (Å²) in [6, 6.07) is 5.38. The molecule has 2 rings (SSSR count). The molecule has 90 valence electrons. The Bertz CT molecular complexity index is 567. The number of nitrogens with two attached hydrogens (primary N) is 2. The zero-order chi connectivity index (χ0) is 12.4. The lowest BCUT2D eigenvalue weighted by Crippen LogP contribution is -2.17. The fourth-order valence-corrected chi connectivity index (χ4v) is 1.82. The minimum atomic E-state index is -0.814. The second kappa shape index (κ2) is 4.50. The summed E-state index contributed by atoms with van der Waals surface area (Å²) in [5.74, 6) is 0.321. The van der Waals surface area contributed by atoms with E-state index < -0.39 is 6.09 Å². The first-order valence-corrected chi connectivity index (χ1v) is 5.30. The maximum absolute atomic E-state index is 10.5. The molecule has 0 fully saturated rings. The second-order valence-corrected chi connectivity index (χ2v) is 3.80. The number of aromatic nitrogens is 2. The molecule has 17 heavy (non-hydrogen) atoms. The summed E-state index contributed by atoms with van der Waals surface area (Å²) >= 11 is 5.99. The Morgan fingerprint density at radius 2 is 2.29 bits per heavy atom. The van der Waals surface area contributed by atoms with Gasteiger partial charge in [0.1, 0.15) is 12.1 Å². The second-order valence-electron chi connectivity index (χ2n) is 3.40. The van der Waals surface area contributed by atoms with E-state index in [2.05, 4.69) is 9.72 Å². The van der Waals surface area contributed by atoms with Crippen molar-refractivity contribution < 1.29 is 9.53 Å². The van der Waals surface area contributed by atoms with Gasteiger partial charge in [0.15, 0.2) is 0 Å². The van der Waals surface area contributed by atoms with E-state index in [1.54, 1.807) is 16.7 Å². The standard InChI is InChI=1S/C10H11ClN4O2/c11-6-2-1-3-7-8(6)14-9(12)15(7)4-5-17-10(13)16/h1-3H,4-5H2,(H2,12,14)(H2,13,16). The molecule has 0 radical (unpaired) electrons. The van der Waals surface area contributed by atoms with Crippen molar-refractivity contribution in [1.29, 1.82) is 0 Å². The number of benzene rings is 1. The highest BCUT2D eigenvalue weighted by atomic mass is 35.5. The highest BCUT2D eigenvalue weighted by Crippen LogP contribution is 2.24. The predicted molar refractivity (Wildman–Crippen MR) is 64.7 cm³/mol. The molecule has 0 unspecified atom stereocenters. The molecule has 0 aliphatic carbocycles. The number of imidazole rings is 1. The van der Waals surface area contributed by atoms with Crippen LogP contribution in [0.2, 0.25) is 5.02 Å². The lowest BCUT2D eigenvalue weighted by molar-refractivity contribution is 0.153. The van der Waals surface area contributed by atoms with Crippen molar-refractivity contribution in [2.75, 3.05) is 12.3 Å². The van der Waals surface area contributed by atoms with Crippen molar-refractivity contribution in [3.8, 4) is 0 Å². The molecule has 1 aromatic heterocycles. The fraction of sp³-hybridized carbons (Fsp3) is 0.200. The van der Waals surface area contributed by atoms with Gasteiger partial charge in [-0.3, -0.25) is 0 Å². The van der Waals surface area contributed by atoms with E-state index in [4.69, 9.17) is 23.1 Å². The van der Waals surface area contributed by atoms with Crippen LogP contribution in [-0.2, 0) is 11.3 Å². The minimum absolute atomic E-state index is 0.136. The van der Waals surface area contributed by atoms with Crippen LogP contribution in [0.3, 0.4) is 0 Å². The number of hydrogen-bond acceptors (Lipinski definition) is 4. The number of amides is 1. The first-order valence-electron chi connectivity index (χ1n) is 4.92. The summed E-state index contributed by atoms with van der Waals surface area (Å²) in [5, 5.41) is 0.531. The maximum atomic E-state index is 10.5. The van der Waals surface area contributed by atoms with Crippen LogP contribution >= 0.6 is 11.6 Å². The van der Waals surface area contributed by atoms with E-state index in [0.29, 0.717) is 23.0 Å². The van der Waals surface area contributed by atoms with Gasteiger partial charge in [0.25, 0.3) is 0 Å². The third-order valence-corrected chi connectivity index (χ3v) is 2.62. The van der Waals surface area contributed by atoms with Crippen LogP contribution < -0.4 is 11.5 Å². The van der Waals surface area contributed by atoms with Crippen molar-refractivity contribution in [3.05, 3.63) is 23.2 Å². The highest BCUT2D eigenvalue weighted by molar-refractivity contribution is 6.35. The first-order chi connectivity index (χ1) is 8.09. The molecule has 6 nitrogen and oxygen atoms in total. The molecular weight excluding hydrogens is 244 g/mol. The molecule has 0 saturated heterocycles. The predicted octanol–water partition coefficient (Wildman–Crippen LogP) is 1.37. The van der Waals surface area contributed by atoms with E-state index in [1.807, 2.05) is 6.07 Å². The number of carbonyl (C=O) groups excluding carboxylic acids is 1. The molecular formula is C10H11ClN4O2. The molecule has 0 bridgehead atoms. The quantitative estimate of drug-likeness (QED) is 0.864. The monoisotopic (exact) mass is 254 g/mol. The smallest absolute Gasteiger partial charge is 0.404 e. The molecule has 7 heteroatoms. The van der Waals surface area contributed by atoms with Crippen molar-refractivity contribution in [2.45, 2.75) is 6.54 Å². The van der Waals surface area contributed by atoms with Crippen LogP contribution in [0.15, 0.2) is 18.2 Å². The van der Waals surface area contributed by atoms with E-state index in [0.717, 1.165) is 5.52 Å². The molecule has 0 spiro atoms. The summed E-state index contributed by atoms with van der Waals surface area (Å²) < 4.78 is 6.36. The first kappa shape index (κ1) is 11.5. The number of rotatable bonds is 3. The molecule has 1 heterocycles. The van der Waals surface area contributed by atoms with Gasteiger partial charge < -0.3 is 20.8 Å². The molecule has 2 aromatic rings. The number of hydrogen-bond donors (Lipinski definition) is 2. The number of halogens is 1. The molecule has 0 aliphatic heterocycles. The normalized spacial score (nSPS) is 10.6. The van der Waals surface area contributed by atoms with Crippen LogP contribution in [0.4, 0.5) is 10.7 Å².